The first-order chi connectivity index (χ1) is 14.1. The zero-order valence-corrected chi connectivity index (χ0v) is 20.0. The van der Waals surface area contributed by atoms with E-state index in [0.29, 0.717) is 12.2 Å². The van der Waals surface area contributed by atoms with Gasteiger partial charge < -0.3 is 4.74 Å². The first kappa shape index (κ1) is 26.2. The summed E-state index contributed by atoms with van der Waals surface area (Å²) in [7, 11) is -0.673. The second kappa shape index (κ2) is 12.8. The lowest BCUT2D eigenvalue weighted by Crippen LogP contribution is -2.28. The van der Waals surface area contributed by atoms with Crippen LogP contribution in [0.2, 0.25) is 0 Å². The summed E-state index contributed by atoms with van der Waals surface area (Å²) in [5.41, 5.74) is 3.01. The third kappa shape index (κ3) is 8.14. The van der Waals surface area contributed by atoms with Crippen molar-refractivity contribution in [2.24, 2.45) is 11.8 Å². The van der Waals surface area contributed by atoms with E-state index in [1.165, 1.54) is 18.9 Å². The molecule has 30 heavy (non-hydrogen) atoms. The smallest absolute Gasteiger partial charge is 0.431 e. The minimum Gasteiger partial charge on any atom is -0.447 e. The van der Waals surface area contributed by atoms with Crippen molar-refractivity contribution in [2.45, 2.75) is 52.2 Å². The molecule has 0 bridgehead atoms. The van der Waals surface area contributed by atoms with Crippen LogP contribution in [0, 0.1) is 22.0 Å². The number of carbonyl (C=O) groups is 1. The van der Waals surface area contributed by atoms with Crippen molar-refractivity contribution in [1.82, 2.24) is 5.48 Å². The quantitative estimate of drug-likeness (QED) is 0.254. The second-order valence-electron chi connectivity index (χ2n) is 8.20. The zero-order chi connectivity index (χ0) is 22.7. The maximum Gasteiger partial charge on any atom is 0.431 e. The van der Waals surface area contributed by atoms with Gasteiger partial charge in [0.25, 0.3) is 5.70 Å². The number of hydrogen-bond donors (Lipinski definition) is 1. The Kier molecular flexibility index (Phi) is 11.2. The minimum absolute atomic E-state index is 0.0414. The summed E-state index contributed by atoms with van der Waals surface area (Å²) in [4.78, 5) is 28.2. The number of allylic oxidation sites excluding steroid dienone is 4. The highest BCUT2D eigenvalue weighted by Gasteiger charge is 2.27. The number of hydrogen-bond acceptors (Lipinski definition) is 5. The van der Waals surface area contributed by atoms with Crippen LogP contribution < -0.4 is 5.48 Å². The fraction of sp³-hybridized carbons (Fsp3) is 0.682. The number of ether oxygens (including phenoxy) is 1. The third-order valence-corrected chi connectivity index (χ3v) is 9.44. The largest absolute Gasteiger partial charge is 0.447 e. The molecule has 2 atom stereocenters. The molecule has 0 spiro atoms. The number of nitrogens with one attached hydrogen (secondary N) is 1. The molecule has 1 rings (SSSR count). The molecule has 0 saturated carbocycles. The summed E-state index contributed by atoms with van der Waals surface area (Å²) in [5, 5.41) is 12.1. The molecule has 172 valence electrons. The van der Waals surface area contributed by atoms with Crippen molar-refractivity contribution in [3.63, 3.8) is 0 Å². The zero-order valence-electron chi connectivity index (χ0n) is 19.2. The van der Waals surface area contributed by atoms with Crippen LogP contribution in [0.15, 0.2) is 35.6 Å². The molecular formula is C22H38N2O5S. The van der Waals surface area contributed by atoms with Crippen molar-refractivity contribution in [3.8, 4) is 0 Å². The summed E-state index contributed by atoms with van der Waals surface area (Å²) in [6, 6.07) is 0. The van der Waals surface area contributed by atoms with E-state index in [9.17, 15) is 14.9 Å². The summed E-state index contributed by atoms with van der Waals surface area (Å²) in [5.74, 6) is 0.700. The minimum atomic E-state index is -0.677. The van der Waals surface area contributed by atoms with Crippen molar-refractivity contribution in [2.75, 3.05) is 31.5 Å². The van der Waals surface area contributed by atoms with Crippen LogP contribution in [0.1, 0.15) is 47.0 Å². The topological polar surface area (TPSA) is 90.7 Å². The molecular weight excluding hydrogens is 404 g/mol. The van der Waals surface area contributed by atoms with Gasteiger partial charge in [-0.15, -0.1) is 0 Å². The van der Waals surface area contributed by atoms with E-state index in [4.69, 9.17) is 9.57 Å². The Hall–Kier alpha value is -1.80. The Balaban J connectivity index is 2.43. The molecule has 8 heteroatoms. The molecule has 0 fully saturated rings. The summed E-state index contributed by atoms with van der Waals surface area (Å²) >= 11 is 0. The van der Waals surface area contributed by atoms with Gasteiger partial charge in [-0.25, -0.2) is 14.8 Å². The van der Waals surface area contributed by atoms with E-state index < -0.39 is 16.1 Å². The van der Waals surface area contributed by atoms with Crippen LogP contribution in [0.3, 0.4) is 0 Å². The molecule has 1 aliphatic carbocycles. The van der Waals surface area contributed by atoms with Crippen LogP contribution in [0.4, 0.5) is 4.79 Å². The predicted molar refractivity (Wildman–Crippen MR) is 124 cm³/mol. The van der Waals surface area contributed by atoms with Crippen LogP contribution in [0.25, 0.3) is 0 Å². The van der Waals surface area contributed by atoms with Gasteiger partial charge in [0, 0.05) is 23.5 Å². The normalized spacial score (nSPS) is 18.3. The van der Waals surface area contributed by atoms with E-state index in [0.717, 1.165) is 17.4 Å². The molecule has 0 aromatic carbocycles. The highest BCUT2D eigenvalue weighted by Crippen LogP contribution is 2.48. The van der Waals surface area contributed by atoms with Crippen molar-refractivity contribution in [3.05, 3.63) is 45.7 Å². The molecule has 0 saturated heterocycles. The monoisotopic (exact) mass is 442 g/mol. The van der Waals surface area contributed by atoms with E-state index in [1.54, 1.807) is 12.2 Å². The van der Waals surface area contributed by atoms with Gasteiger partial charge >= 0.3 is 6.09 Å². The molecule has 0 heterocycles. The van der Waals surface area contributed by atoms with Gasteiger partial charge in [0.1, 0.15) is 0 Å². The lowest BCUT2D eigenvalue weighted by Gasteiger charge is -2.39. The molecule has 1 N–H and O–H groups in total. The van der Waals surface area contributed by atoms with Crippen molar-refractivity contribution >= 4 is 16.1 Å². The maximum absolute atomic E-state index is 11.9. The van der Waals surface area contributed by atoms with Gasteiger partial charge in [0.05, 0.1) is 18.1 Å². The number of rotatable bonds is 12. The Bertz CT molecular complexity index is 668. The summed E-state index contributed by atoms with van der Waals surface area (Å²) in [6.07, 6.45) is 14.1. The lowest BCUT2D eigenvalue weighted by molar-refractivity contribution is -0.420. The fourth-order valence-corrected chi connectivity index (χ4v) is 6.97. The van der Waals surface area contributed by atoms with Gasteiger partial charge in [-0.2, -0.15) is 5.48 Å². The van der Waals surface area contributed by atoms with E-state index in [-0.39, 0.29) is 29.1 Å². The predicted octanol–water partition coefficient (Wildman–Crippen LogP) is 5.22. The van der Waals surface area contributed by atoms with E-state index in [1.807, 2.05) is 19.9 Å². The van der Waals surface area contributed by atoms with Gasteiger partial charge in [-0.05, 0) is 42.8 Å². The van der Waals surface area contributed by atoms with Gasteiger partial charge in [-0.3, -0.25) is 15.0 Å². The molecule has 0 radical (unpaired) electrons. The van der Waals surface area contributed by atoms with Crippen molar-refractivity contribution in [1.29, 1.82) is 0 Å². The molecule has 2 unspecified atom stereocenters. The van der Waals surface area contributed by atoms with E-state index in [2.05, 4.69) is 31.8 Å². The standard InChI is InChI=1S/C22H38N2O5S/c1-7-19(8-2)30(5,6)15-11-14-29-23-22(25)28-16-18(4)21-17(3)12-9-10-13-20(21)24(26)27/h9-10,12-13,17-19H,7-8,11,14-16H2,1-6H3,(H,23,25). The highest BCUT2D eigenvalue weighted by molar-refractivity contribution is 8.33. The first-order valence-electron chi connectivity index (χ1n) is 10.6. The number of nitrogens with zero attached hydrogens (tertiary/aromatic N) is 1. The van der Waals surface area contributed by atoms with Crippen LogP contribution in [-0.4, -0.2) is 47.7 Å². The van der Waals surface area contributed by atoms with Crippen molar-refractivity contribution < 1.29 is 19.3 Å². The average molecular weight is 443 g/mol. The Morgan fingerprint density at radius 1 is 1.30 bits per heavy atom. The summed E-state index contributed by atoms with van der Waals surface area (Å²) < 4.78 is 5.22. The Morgan fingerprint density at radius 3 is 2.57 bits per heavy atom. The molecule has 1 amide bonds. The average Bonchev–Trinajstić information content (AvgIpc) is 2.88. The Labute approximate surface area is 182 Å². The molecule has 7 nitrogen and oxygen atoms in total. The van der Waals surface area contributed by atoms with Crippen LogP contribution in [0.5, 0.6) is 0 Å². The number of amides is 1. The van der Waals surface area contributed by atoms with Gasteiger partial charge in [0.15, 0.2) is 0 Å². The first-order valence-corrected chi connectivity index (χ1v) is 13.3. The molecule has 0 aliphatic heterocycles. The van der Waals surface area contributed by atoms with Gasteiger partial charge in [0.2, 0.25) is 0 Å². The Morgan fingerprint density at radius 2 is 1.97 bits per heavy atom. The number of nitro groups is 1. The summed E-state index contributed by atoms with van der Waals surface area (Å²) in [6.45, 7) is 8.67. The third-order valence-electron chi connectivity index (χ3n) is 5.63. The molecule has 0 aromatic rings. The number of hydroxylamine groups is 1. The van der Waals surface area contributed by atoms with E-state index >= 15 is 0 Å². The number of carbonyl (C=O) groups excluding carboxylic acids is 1. The highest BCUT2D eigenvalue weighted by atomic mass is 32.3. The molecule has 1 aliphatic rings. The lowest BCUT2D eigenvalue weighted by atomic mass is 9.89. The maximum atomic E-state index is 11.9. The fourth-order valence-electron chi connectivity index (χ4n) is 3.97. The second-order valence-corrected chi connectivity index (χ2v) is 12.5. The SMILES string of the molecule is CCC(CC)S(C)(C)CCCONC(=O)OCC(C)C1=C([N+](=O)[O-])C=CC=CC1C. The van der Waals surface area contributed by atoms with Crippen LogP contribution in [-0.2, 0) is 9.57 Å². The van der Waals surface area contributed by atoms with Gasteiger partial charge in [-0.1, -0.05) is 45.9 Å². The van der Waals surface area contributed by atoms with Crippen LogP contribution >= 0.6 is 10.0 Å². The molecule has 0 aromatic heterocycles.